The van der Waals surface area contributed by atoms with Crippen LogP contribution in [0, 0.1) is 5.92 Å². The summed E-state index contributed by atoms with van der Waals surface area (Å²) in [6.45, 7) is 6.38. The number of hydrogen-bond donors (Lipinski definition) is 1. The lowest BCUT2D eigenvalue weighted by Crippen LogP contribution is -2.65. The molecule has 0 spiro atoms. The molecule has 0 aliphatic carbocycles. The van der Waals surface area contributed by atoms with E-state index in [1.807, 2.05) is 60.7 Å². The molecule has 3 nitrogen and oxygen atoms in total. The van der Waals surface area contributed by atoms with Gasteiger partial charge in [0, 0.05) is 6.42 Å². The molecule has 0 unspecified atom stereocenters. The minimum atomic E-state index is -2.96. The van der Waals surface area contributed by atoms with Crippen LogP contribution >= 0.6 is 0 Å². The van der Waals surface area contributed by atoms with Crippen molar-refractivity contribution in [2.75, 3.05) is 7.11 Å². The van der Waals surface area contributed by atoms with Gasteiger partial charge in [-0.2, -0.15) is 0 Å². The summed E-state index contributed by atoms with van der Waals surface area (Å²) in [6.07, 6.45) is 2.14. The van der Waals surface area contributed by atoms with Crippen LogP contribution in [0.2, 0.25) is 5.04 Å². The number of ether oxygens (including phenoxy) is 1. The Morgan fingerprint density at radius 3 is 1.92 bits per heavy atom. The van der Waals surface area contributed by atoms with Gasteiger partial charge in [0.25, 0.3) is 8.32 Å². The van der Waals surface area contributed by atoms with Crippen molar-refractivity contribution in [1.82, 2.24) is 0 Å². The van der Waals surface area contributed by atoms with E-state index in [1.54, 1.807) is 0 Å². The molecule has 0 saturated carbocycles. The molecule has 0 radical (unpaired) electrons. The molecule has 140 valence electrons. The number of methoxy groups -OCH3 is 1. The predicted octanol–water partition coefficient (Wildman–Crippen LogP) is 3.50. The van der Waals surface area contributed by atoms with E-state index in [0.717, 1.165) is 23.2 Å². The Hall–Kier alpha value is -1.91. The number of hydrogen-bond acceptors (Lipinski definition) is 3. The summed E-state index contributed by atoms with van der Waals surface area (Å²) in [5, 5.41) is 1.77. The molecule has 2 rings (SSSR count). The normalized spacial score (nSPS) is 13.3. The van der Waals surface area contributed by atoms with Crippen LogP contribution in [0.1, 0.15) is 40.0 Å². The summed E-state index contributed by atoms with van der Waals surface area (Å²) in [6, 6.07) is 20.1. The third-order valence-corrected chi connectivity index (χ3v) is 9.91. The molecule has 26 heavy (non-hydrogen) atoms. The Bertz CT molecular complexity index is 658. The largest absolute Gasteiger partial charge is 0.469 e. The Morgan fingerprint density at radius 2 is 1.50 bits per heavy atom. The van der Waals surface area contributed by atoms with Gasteiger partial charge in [-0.05, 0) is 34.2 Å². The molecule has 2 aromatic rings. The second-order valence-corrected chi connectivity index (χ2v) is 11.7. The van der Waals surface area contributed by atoms with Crippen molar-refractivity contribution in [1.29, 1.82) is 0 Å². The lowest BCUT2D eigenvalue weighted by molar-refractivity contribution is -0.141. The van der Waals surface area contributed by atoms with Gasteiger partial charge in [-0.25, -0.2) is 0 Å². The first-order valence-corrected chi connectivity index (χ1v) is 11.2. The Kier molecular flexibility index (Phi) is 6.79. The zero-order valence-corrected chi connectivity index (χ0v) is 17.2. The van der Waals surface area contributed by atoms with Crippen LogP contribution in [0.25, 0.3) is 0 Å². The third kappa shape index (κ3) is 4.43. The molecule has 1 atom stereocenters. The van der Waals surface area contributed by atoms with Crippen LogP contribution in [-0.4, -0.2) is 26.2 Å². The predicted molar refractivity (Wildman–Crippen MR) is 109 cm³/mol. The Labute approximate surface area is 158 Å². The molecule has 0 amide bonds. The van der Waals surface area contributed by atoms with Gasteiger partial charge in [-0.3, -0.25) is 4.79 Å². The van der Waals surface area contributed by atoms with Crippen molar-refractivity contribution in [2.24, 2.45) is 5.92 Å². The van der Waals surface area contributed by atoms with Gasteiger partial charge in [0.1, 0.15) is 0 Å². The number of carbonyl (C=O) groups is 1. The molecule has 0 aromatic heterocycles. The van der Waals surface area contributed by atoms with Gasteiger partial charge in [0.2, 0.25) is 0 Å². The van der Waals surface area contributed by atoms with Crippen molar-refractivity contribution in [3.8, 4) is 0 Å². The van der Waals surface area contributed by atoms with Crippen LogP contribution in [0.4, 0.5) is 0 Å². The minimum absolute atomic E-state index is 0.172. The van der Waals surface area contributed by atoms with E-state index in [-0.39, 0.29) is 16.9 Å². The van der Waals surface area contributed by atoms with Crippen LogP contribution in [-0.2, 0) is 9.53 Å². The quantitative estimate of drug-likeness (QED) is 0.571. The molecular weight excluding hydrogens is 340 g/mol. The number of benzene rings is 2. The molecule has 0 saturated heterocycles. The standard InChI is InChI=1S/C22H30O3Si/c1-18(17-21(23)25-4)15-16-22(2,3)26(24,19-11-7-5-8-12-19)20-13-9-6-10-14-20/h5-14,18,24H,15-17H2,1-4H3/t18-/m0/s1. The summed E-state index contributed by atoms with van der Waals surface area (Å²) in [4.78, 5) is 23.6. The molecule has 0 heterocycles. The van der Waals surface area contributed by atoms with Crippen LogP contribution in [0.3, 0.4) is 0 Å². The molecule has 4 heteroatoms. The smallest absolute Gasteiger partial charge is 0.305 e. The monoisotopic (exact) mass is 370 g/mol. The number of esters is 1. The van der Waals surface area contributed by atoms with Crippen molar-refractivity contribution >= 4 is 24.7 Å². The SMILES string of the molecule is COC(=O)C[C@@H](C)CCC(C)(C)[Si](O)(c1ccccc1)c1ccccc1. The fraction of sp³-hybridized carbons (Fsp3) is 0.409. The average molecular weight is 371 g/mol. The molecule has 0 aliphatic rings. The molecule has 1 N–H and O–H groups in total. The fourth-order valence-corrected chi connectivity index (χ4v) is 7.32. The van der Waals surface area contributed by atoms with Crippen LogP contribution in [0.15, 0.2) is 60.7 Å². The van der Waals surface area contributed by atoms with Crippen molar-refractivity contribution in [2.45, 2.75) is 45.1 Å². The first-order valence-electron chi connectivity index (χ1n) is 9.21. The van der Waals surface area contributed by atoms with Gasteiger partial charge in [0.15, 0.2) is 0 Å². The van der Waals surface area contributed by atoms with Crippen molar-refractivity contribution < 1.29 is 14.3 Å². The van der Waals surface area contributed by atoms with Crippen LogP contribution < -0.4 is 10.4 Å². The zero-order valence-electron chi connectivity index (χ0n) is 16.2. The maximum atomic E-state index is 12.1. The highest BCUT2D eigenvalue weighted by Crippen LogP contribution is 2.41. The van der Waals surface area contributed by atoms with E-state index in [9.17, 15) is 9.59 Å². The summed E-state index contributed by atoms with van der Waals surface area (Å²) < 4.78 is 4.78. The minimum Gasteiger partial charge on any atom is -0.469 e. The second-order valence-electron chi connectivity index (χ2n) is 7.75. The molecule has 0 aliphatic heterocycles. The first-order chi connectivity index (χ1) is 12.3. The van der Waals surface area contributed by atoms with Crippen molar-refractivity contribution in [3.63, 3.8) is 0 Å². The maximum Gasteiger partial charge on any atom is 0.305 e. The number of carbonyl (C=O) groups excluding carboxylic acids is 1. The maximum absolute atomic E-state index is 12.1. The highest BCUT2D eigenvalue weighted by Gasteiger charge is 2.49. The average Bonchev–Trinajstić information content (AvgIpc) is 2.67. The summed E-state index contributed by atoms with van der Waals surface area (Å²) >= 11 is 0. The second kappa shape index (κ2) is 8.65. The van der Waals surface area contributed by atoms with Gasteiger partial charge >= 0.3 is 5.97 Å². The highest BCUT2D eigenvalue weighted by atomic mass is 28.4. The fourth-order valence-electron chi connectivity index (χ4n) is 3.56. The third-order valence-electron chi connectivity index (χ3n) is 5.37. The molecule has 0 fully saturated rings. The molecular formula is C22H30O3Si. The molecule has 0 bridgehead atoms. The Morgan fingerprint density at radius 1 is 1.04 bits per heavy atom. The summed E-state index contributed by atoms with van der Waals surface area (Å²) in [5.41, 5.74) is 0. The lowest BCUT2D eigenvalue weighted by Gasteiger charge is -2.41. The summed E-state index contributed by atoms with van der Waals surface area (Å²) in [5.74, 6) is 0.0560. The highest BCUT2D eigenvalue weighted by molar-refractivity contribution is 6.98. The van der Waals surface area contributed by atoms with E-state index in [2.05, 4.69) is 20.8 Å². The van der Waals surface area contributed by atoms with Crippen LogP contribution in [0.5, 0.6) is 0 Å². The summed E-state index contributed by atoms with van der Waals surface area (Å²) in [7, 11) is -1.53. The lowest BCUT2D eigenvalue weighted by atomic mass is 9.96. The van der Waals surface area contributed by atoms with E-state index >= 15 is 0 Å². The van der Waals surface area contributed by atoms with E-state index in [4.69, 9.17) is 4.74 Å². The number of rotatable bonds is 8. The molecule has 2 aromatic carbocycles. The van der Waals surface area contributed by atoms with E-state index in [1.165, 1.54) is 7.11 Å². The van der Waals surface area contributed by atoms with E-state index in [0.29, 0.717) is 6.42 Å². The van der Waals surface area contributed by atoms with Gasteiger partial charge in [-0.15, -0.1) is 0 Å². The van der Waals surface area contributed by atoms with Gasteiger partial charge < -0.3 is 9.53 Å². The topological polar surface area (TPSA) is 46.5 Å². The zero-order chi connectivity index (χ0) is 19.2. The van der Waals surface area contributed by atoms with Gasteiger partial charge in [0.05, 0.1) is 7.11 Å². The first kappa shape index (κ1) is 20.4. The van der Waals surface area contributed by atoms with Gasteiger partial charge in [-0.1, -0.05) is 81.4 Å². The van der Waals surface area contributed by atoms with E-state index < -0.39 is 8.32 Å². The van der Waals surface area contributed by atoms with Crippen molar-refractivity contribution in [3.05, 3.63) is 60.7 Å². The Balaban J connectivity index is 2.31.